The van der Waals surface area contributed by atoms with Gasteiger partial charge in [-0.25, -0.2) is 0 Å². The molecule has 1 aliphatic heterocycles. The number of phenolic OH excluding ortho intramolecular Hbond substituents is 1. The summed E-state index contributed by atoms with van der Waals surface area (Å²) >= 11 is 0. The Balaban J connectivity index is 2.61. The summed E-state index contributed by atoms with van der Waals surface area (Å²) in [6.07, 6.45) is 0.896. The first-order valence-electron chi connectivity index (χ1n) is 5.39. The summed E-state index contributed by atoms with van der Waals surface area (Å²) in [7, 11) is 3.11. The van der Waals surface area contributed by atoms with Crippen molar-refractivity contribution in [1.29, 1.82) is 0 Å². The van der Waals surface area contributed by atoms with Crippen molar-refractivity contribution in [2.75, 3.05) is 20.8 Å². The van der Waals surface area contributed by atoms with Gasteiger partial charge in [0.05, 0.1) is 14.2 Å². The van der Waals surface area contributed by atoms with Gasteiger partial charge in [-0.15, -0.1) is 0 Å². The third-order valence-electron chi connectivity index (χ3n) is 3.05. The predicted molar refractivity (Wildman–Crippen MR) is 61.3 cm³/mol. The summed E-state index contributed by atoms with van der Waals surface area (Å²) in [4.78, 5) is 0. The second kappa shape index (κ2) is 4.22. The summed E-state index contributed by atoms with van der Waals surface area (Å²) in [6.45, 7) is 2.95. The number of hydrogen-bond donors (Lipinski definition) is 2. The molecule has 16 heavy (non-hydrogen) atoms. The van der Waals surface area contributed by atoms with Gasteiger partial charge in [0.1, 0.15) is 0 Å². The minimum absolute atomic E-state index is 0.142. The molecule has 0 saturated carbocycles. The lowest BCUT2D eigenvalue weighted by Crippen LogP contribution is -2.28. The van der Waals surface area contributed by atoms with E-state index in [-0.39, 0.29) is 11.8 Å². The predicted octanol–water partition coefficient (Wildman–Crippen LogP) is 1.62. The van der Waals surface area contributed by atoms with Crippen LogP contribution >= 0.6 is 0 Å². The van der Waals surface area contributed by atoms with E-state index in [2.05, 4.69) is 5.32 Å². The zero-order chi connectivity index (χ0) is 11.7. The lowest BCUT2D eigenvalue weighted by atomic mass is 9.93. The topological polar surface area (TPSA) is 50.7 Å². The average molecular weight is 223 g/mol. The van der Waals surface area contributed by atoms with Gasteiger partial charge in [0.15, 0.2) is 11.5 Å². The lowest BCUT2D eigenvalue weighted by molar-refractivity contribution is 0.326. The van der Waals surface area contributed by atoms with E-state index < -0.39 is 0 Å². The quantitative estimate of drug-likeness (QED) is 0.800. The second-order valence-electron chi connectivity index (χ2n) is 3.96. The molecule has 0 spiro atoms. The molecule has 2 N–H and O–H groups in total. The number of aromatic hydroxyl groups is 1. The Bertz CT molecular complexity index is 404. The van der Waals surface area contributed by atoms with Gasteiger partial charge in [-0.05, 0) is 31.5 Å². The summed E-state index contributed by atoms with van der Waals surface area (Å²) in [5.41, 5.74) is 2.05. The van der Waals surface area contributed by atoms with Crippen LogP contribution in [0.15, 0.2) is 6.07 Å². The zero-order valence-corrected chi connectivity index (χ0v) is 9.83. The number of hydrogen-bond acceptors (Lipinski definition) is 4. The maximum atomic E-state index is 10.2. The SMILES string of the molecule is COc1cc2c(c(O)c1OC)[C@H](C)NCC2. The molecule has 0 bridgehead atoms. The first kappa shape index (κ1) is 11.1. The molecule has 2 rings (SSSR count). The number of rotatable bonds is 2. The van der Waals surface area contributed by atoms with Crippen molar-refractivity contribution >= 4 is 0 Å². The van der Waals surface area contributed by atoms with Crippen LogP contribution in [0.4, 0.5) is 0 Å². The number of phenols is 1. The number of methoxy groups -OCH3 is 2. The van der Waals surface area contributed by atoms with Gasteiger partial charge in [-0.1, -0.05) is 0 Å². The average Bonchev–Trinajstić information content (AvgIpc) is 2.28. The van der Waals surface area contributed by atoms with Gasteiger partial charge in [0.25, 0.3) is 0 Å². The molecule has 0 saturated heterocycles. The molecule has 0 aliphatic carbocycles. The van der Waals surface area contributed by atoms with Crippen LogP contribution in [0.5, 0.6) is 17.2 Å². The molecular weight excluding hydrogens is 206 g/mol. The Labute approximate surface area is 95.2 Å². The molecule has 1 aromatic rings. The first-order chi connectivity index (χ1) is 7.69. The Hall–Kier alpha value is -1.42. The van der Waals surface area contributed by atoms with E-state index in [9.17, 15) is 5.11 Å². The summed E-state index contributed by atoms with van der Waals surface area (Å²) < 4.78 is 10.4. The van der Waals surface area contributed by atoms with Crippen LogP contribution in [0, 0.1) is 0 Å². The van der Waals surface area contributed by atoms with Crippen molar-refractivity contribution in [3.8, 4) is 17.2 Å². The van der Waals surface area contributed by atoms with Crippen molar-refractivity contribution in [1.82, 2.24) is 5.32 Å². The number of benzene rings is 1. The highest BCUT2D eigenvalue weighted by atomic mass is 16.5. The number of fused-ring (bicyclic) bond motifs is 1. The van der Waals surface area contributed by atoms with Crippen LogP contribution in [0.2, 0.25) is 0 Å². The molecule has 1 heterocycles. The van der Waals surface area contributed by atoms with Crippen LogP contribution in [-0.2, 0) is 6.42 Å². The highest BCUT2D eigenvalue weighted by Gasteiger charge is 2.25. The smallest absolute Gasteiger partial charge is 0.203 e. The Morgan fingerprint density at radius 2 is 2.12 bits per heavy atom. The standard InChI is InChI=1S/C12H17NO3/c1-7-10-8(4-5-13-7)6-9(15-2)12(16-3)11(10)14/h6-7,13-14H,4-5H2,1-3H3/t7-/m0/s1. The fraction of sp³-hybridized carbons (Fsp3) is 0.500. The third kappa shape index (κ3) is 1.59. The van der Waals surface area contributed by atoms with E-state index in [0.29, 0.717) is 11.5 Å². The number of nitrogens with one attached hydrogen (secondary N) is 1. The van der Waals surface area contributed by atoms with Crippen LogP contribution in [0.3, 0.4) is 0 Å². The fourth-order valence-electron chi connectivity index (χ4n) is 2.26. The Morgan fingerprint density at radius 1 is 1.38 bits per heavy atom. The Kier molecular flexibility index (Phi) is 2.92. The molecule has 1 aromatic carbocycles. The lowest BCUT2D eigenvalue weighted by Gasteiger charge is -2.26. The normalized spacial score (nSPS) is 19.1. The van der Waals surface area contributed by atoms with Gasteiger partial charge < -0.3 is 19.9 Å². The summed E-state index contributed by atoms with van der Waals surface area (Å²) in [6, 6.07) is 2.09. The monoisotopic (exact) mass is 223 g/mol. The minimum Gasteiger partial charge on any atom is -0.504 e. The second-order valence-corrected chi connectivity index (χ2v) is 3.96. The number of ether oxygens (including phenoxy) is 2. The third-order valence-corrected chi connectivity index (χ3v) is 3.05. The highest BCUT2D eigenvalue weighted by molar-refractivity contribution is 5.59. The van der Waals surface area contributed by atoms with Crippen LogP contribution in [-0.4, -0.2) is 25.9 Å². The maximum absolute atomic E-state index is 10.2. The summed E-state index contributed by atoms with van der Waals surface area (Å²) in [5, 5.41) is 13.5. The molecule has 1 aliphatic rings. The van der Waals surface area contributed by atoms with Crippen LogP contribution in [0.1, 0.15) is 24.1 Å². The molecule has 4 heteroatoms. The van der Waals surface area contributed by atoms with E-state index in [4.69, 9.17) is 9.47 Å². The van der Waals surface area contributed by atoms with Crippen molar-refractivity contribution in [2.24, 2.45) is 0 Å². The van der Waals surface area contributed by atoms with E-state index in [1.807, 2.05) is 13.0 Å². The molecule has 0 aromatic heterocycles. The van der Waals surface area contributed by atoms with Crippen molar-refractivity contribution < 1.29 is 14.6 Å². The maximum Gasteiger partial charge on any atom is 0.203 e. The van der Waals surface area contributed by atoms with Gasteiger partial charge in [0.2, 0.25) is 5.75 Å². The minimum atomic E-state index is 0.142. The van der Waals surface area contributed by atoms with Crippen LogP contribution < -0.4 is 14.8 Å². The van der Waals surface area contributed by atoms with E-state index >= 15 is 0 Å². The van der Waals surface area contributed by atoms with Gasteiger partial charge >= 0.3 is 0 Å². The van der Waals surface area contributed by atoms with Crippen molar-refractivity contribution in [2.45, 2.75) is 19.4 Å². The largest absolute Gasteiger partial charge is 0.504 e. The van der Waals surface area contributed by atoms with Gasteiger partial charge in [-0.2, -0.15) is 0 Å². The van der Waals surface area contributed by atoms with E-state index in [1.54, 1.807) is 7.11 Å². The molecule has 0 amide bonds. The van der Waals surface area contributed by atoms with Crippen LogP contribution in [0.25, 0.3) is 0 Å². The highest BCUT2D eigenvalue weighted by Crippen LogP contribution is 2.44. The van der Waals surface area contributed by atoms with E-state index in [1.165, 1.54) is 7.11 Å². The molecular formula is C12H17NO3. The molecule has 0 fully saturated rings. The Morgan fingerprint density at radius 3 is 2.75 bits per heavy atom. The van der Waals surface area contributed by atoms with Crippen molar-refractivity contribution in [3.63, 3.8) is 0 Å². The van der Waals surface area contributed by atoms with Gasteiger partial charge in [0, 0.05) is 11.6 Å². The zero-order valence-electron chi connectivity index (χ0n) is 9.83. The fourth-order valence-corrected chi connectivity index (χ4v) is 2.26. The first-order valence-corrected chi connectivity index (χ1v) is 5.39. The molecule has 88 valence electrons. The van der Waals surface area contributed by atoms with Gasteiger partial charge in [-0.3, -0.25) is 0 Å². The molecule has 0 unspecified atom stereocenters. The molecule has 1 atom stereocenters. The summed E-state index contributed by atoms with van der Waals surface area (Å²) in [5.74, 6) is 1.20. The molecule has 0 radical (unpaired) electrons. The van der Waals surface area contributed by atoms with E-state index in [0.717, 1.165) is 24.1 Å². The van der Waals surface area contributed by atoms with Crippen molar-refractivity contribution in [3.05, 3.63) is 17.2 Å². The molecule has 4 nitrogen and oxygen atoms in total.